The molecule has 5 nitrogen and oxygen atoms in total. The van der Waals surface area contributed by atoms with Gasteiger partial charge in [-0.05, 0) is 43.9 Å². The molecule has 0 heterocycles. The molecule has 0 bridgehead atoms. The van der Waals surface area contributed by atoms with Crippen LogP contribution in [-0.2, 0) is 47.0 Å². The number of carbonyl (C=O) groups excluding carboxylic acids is 2. The van der Waals surface area contributed by atoms with Crippen LogP contribution in [0.3, 0.4) is 0 Å². The van der Waals surface area contributed by atoms with Gasteiger partial charge in [-0.3, -0.25) is 9.59 Å². The van der Waals surface area contributed by atoms with Crippen molar-refractivity contribution in [2.24, 2.45) is 17.8 Å². The molecule has 1 aliphatic carbocycles. The molecule has 6 heteroatoms. The van der Waals surface area contributed by atoms with Gasteiger partial charge in [0.1, 0.15) is 5.78 Å². The molecule has 0 aromatic carbocycles. The standard InChI is InChI=1S/C18H33NO4.Y/c1-14(2)17(21)9-10-19-18(22)4-3-11-23-13-16-7-5-15(12-20)6-8-16;/h14-16,20H,3-13H2,1-2H3,(H,19,22);. The first-order valence-electron chi connectivity index (χ1n) is 9.01. The number of aliphatic hydroxyl groups excluding tert-OH is 1. The van der Waals surface area contributed by atoms with E-state index < -0.39 is 0 Å². The van der Waals surface area contributed by atoms with Crippen molar-refractivity contribution in [2.75, 3.05) is 26.4 Å². The fraction of sp³-hybridized carbons (Fsp3) is 0.889. The summed E-state index contributed by atoms with van der Waals surface area (Å²) in [5, 5.41) is 11.9. The molecule has 137 valence electrons. The van der Waals surface area contributed by atoms with Crippen LogP contribution in [0.15, 0.2) is 0 Å². The smallest absolute Gasteiger partial charge is 0.220 e. The van der Waals surface area contributed by atoms with Crippen LogP contribution in [0.25, 0.3) is 0 Å². The number of hydrogen-bond donors (Lipinski definition) is 2. The summed E-state index contributed by atoms with van der Waals surface area (Å²) in [6, 6.07) is 0. The number of ether oxygens (including phenoxy) is 1. The number of Topliss-reactive ketones (excluding diaryl/α,β-unsaturated/α-hetero) is 1. The van der Waals surface area contributed by atoms with Crippen LogP contribution in [0, 0.1) is 17.8 Å². The molecule has 0 aromatic rings. The van der Waals surface area contributed by atoms with Crippen LogP contribution in [0.2, 0.25) is 0 Å². The summed E-state index contributed by atoms with van der Waals surface area (Å²) in [6.07, 6.45) is 6.05. The zero-order valence-corrected chi connectivity index (χ0v) is 18.1. The van der Waals surface area contributed by atoms with Gasteiger partial charge in [0.05, 0.1) is 0 Å². The van der Waals surface area contributed by atoms with Crippen LogP contribution in [0.4, 0.5) is 0 Å². The van der Waals surface area contributed by atoms with Gasteiger partial charge in [-0.2, -0.15) is 0 Å². The van der Waals surface area contributed by atoms with E-state index in [9.17, 15) is 9.59 Å². The molecule has 1 radical (unpaired) electrons. The summed E-state index contributed by atoms with van der Waals surface area (Å²) in [5.74, 6) is 1.30. The number of nitrogens with one attached hydrogen (secondary N) is 1. The summed E-state index contributed by atoms with van der Waals surface area (Å²) in [6.45, 7) is 5.87. The quantitative estimate of drug-likeness (QED) is 0.507. The Bertz CT molecular complexity index is 355. The summed E-state index contributed by atoms with van der Waals surface area (Å²) < 4.78 is 5.67. The van der Waals surface area contributed by atoms with Gasteiger partial charge in [-0.25, -0.2) is 0 Å². The Morgan fingerprint density at radius 3 is 2.33 bits per heavy atom. The number of carbonyl (C=O) groups is 2. The van der Waals surface area contributed by atoms with E-state index in [1.54, 1.807) is 0 Å². The van der Waals surface area contributed by atoms with Gasteiger partial charge in [-0.15, -0.1) is 0 Å². The Kier molecular flexibility index (Phi) is 14.4. The van der Waals surface area contributed by atoms with Gasteiger partial charge < -0.3 is 15.2 Å². The first-order valence-corrected chi connectivity index (χ1v) is 9.01. The van der Waals surface area contributed by atoms with Crippen molar-refractivity contribution in [1.29, 1.82) is 0 Å². The van der Waals surface area contributed by atoms with Crippen LogP contribution >= 0.6 is 0 Å². The Balaban J connectivity index is 0.00000529. The van der Waals surface area contributed by atoms with E-state index in [0.29, 0.717) is 44.4 Å². The number of ketones is 1. The van der Waals surface area contributed by atoms with Gasteiger partial charge in [0.2, 0.25) is 5.91 Å². The second-order valence-corrected chi connectivity index (χ2v) is 6.97. The third-order valence-electron chi connectivity index (χ3n) is 4.61. The van der Waals surface area contributed by atoms with Crippen molar-refractivity contribution < 1.29 is 52.1 Å². The molecule has 1 rings (SSSR count). The minimum Gasteiger partial charge on any atom is -0.396 e. The van der Waals surface area contributed by atoms with Gasteiger partial charge in [0, 0.05) is 77.8 Å². The van der Waals surface area contributed by atoms with E-state index in [1.165, 1.54) is 0 Å². The minimum atomic E-state index is -0.00592. The molecule has 0 aromatic heterocycles. The van der Waals surface area contributed by atoms with E-state index in [0.717, 1.165) is 38.7 Å². The minimum absolute atomic E-state index is 0. The number of amides is 1. The van der Waals surface area contributed by atoms with E-state index in [2.05, 4.69) is 5.32 Å². The van der Waals surface area contributed by atoms with E-state index in [1.807, 2.05) is 13.8 Å². The first-order chi connectivity index (χ1) is 11.0. The third-order valence-corrected chi connectivity index (χ3v) is 4.61. The molecule has 24 heavy (non-hydrogen) atoms. The maximum absolute atomic E-state index is 11.6. The molecule has 1 fully saturated rings. The number of rotatable bonds is 11. The summed E-state index contributed by atoms with van der Waals surface area (Å²) >= 11 is 0. The van der Waals surface area contributed by atoms with Gasteiger partial charge in [0.15, 0.2) is 0 Å². The van der Waals surface area contributed by atoms with Crippen molar-refractivity contribution in [1.82, 2.24) is 5.32 Å². The van der Waals surface area contributed by atoms with Crippen molar-refractivity contribution in [3.05, 3.63) is 0 Å². The van der Waals surface area contributed by atoms with Crippen molar-refractivity contribution in [3.63, 3.8) is 0 Å². The first kappa shape index (κ1) is 24.2. The van der Waals surface area contributed by atoms with Crippen molar-refractivity contribution in [2.45, 2.75) is 58.8 Å². The molecule has 0 unspecified atom stereocenters. The average molecular weight is 416 g/mol. The summed E-state index contributed by atoms with van der Waals surface area (Å²) in [7, 11) is 0. The zero-order chi connectivity index (χ0) is 17.1. The zero-order valence-electron chi connectivity index (χ0n) is 15.3. The average Bonchev–Trinajstić information content (AvgIpc) is 2.54. The van der Waals surface area contributed by atoms with Gasteiger partial charge in [0.25, 0.3) is 0 Å². The molecule has 0 atom stereocenters. The van der Waals surface area contributed by atoms with Crippen LogP contribution in [-0.4, -0.2) is 43.2 Å². The Morgan fingerprint density at radius 1 is 1.12 bits per heavy atom. The summed E-state index contributed by atoms with van der Waals surface area (Å²) in [5.41, 5.74) is 0. The number of aliphatic hydroxyl groups is 1. The van der Waals surface area contributed by atoms with Crippen molar-refractivity contribution >= 4 is 11.7 Å². The van der Waals surface area contributed by atoms with E-state index >= 15 is 0 Å². The predicted octanol–water partition coefficient (Wildman–Crippen LogP) is 2.31. The molecule has 1 saturated carbocycles. The molecule has 0 spiro atoms. The fourth-order valence-corrected chi connectivity index (χ4v) is 2.87. The molecule has 0 aliphatic heterocycles. The maximum atomic E-state index is 11.6. The van der Waals surface area contributed by atoms with Crippen molar-refractivity contribution in [3.8, 4) is 0 Å². The van der Waals surface area contributed by atoms with E-state index in [4.69, 9.17) is 9.84 Å². The van der Waals surface area contributed by atoms with Gasteiger partial charge >= 0.3 is 0 Å². The number of hydrogen-bond acceptors (Lipinski definition) is 4. The fourth-order valence-electron chi connectivity index (χ4n) is 2.87. The third kappa shape index (κ3) is 10.9. The Morgan fingerprint density at radius 2 is 1.75 bits per heavy atom. The molecular weight excluding hydrogens is 383 g/mol. The topological polar surface area (TPSA) is 75.6 Å². The Hall–Kier alpha value is 0.164. The molecule has 2 N–H and O–H groups in total. The van der Waals surface area contributed by atoms with Crippen LogP contribution in [0.1, 0.15) is 58.8 Å². The second kappa shape index (κ2) is 14.3. The normalized spacial score (nSPS) is 20.5. The monoisotopic (exact) mass is 416 g/mol. The predicted molar refractivity (Wildman–Crippen MR) is 90.1 cm³/mol. The molecular formula is C18H33NO4Y. The Labute approximate surface area is 171 Å². The maximum Gasteiger partial charge on any atom is 0.220 e. The van der Waals surface area contributed by atoms with Crippen LogP contribution < -0.4 is 5.32 Å². The molecule has 0 saturated heterocycles. The summed E-state index contributed by atoms with van der Waals surface area (Å²) in [4.78, 5) is 23.1. The van der Waals surface area contributed by atoms with E-state index in [-0.39, 0.29) is 50.3 Å². The van der Waals surface area contributed by atoms with Gasteiger partial charge in [-0.1, -0.05) is 13.8 Å². The molecule has 1 amide bonds. The molecule has 1 aliphatic rings. The second-order valence-electron chi connectivity index (χ2n) is 6.97. The van der Waals surface area contributed by atoms with Crippen LogP contribution in [0.5, 0.6) is 0 Å². The SMILES string of the molecule is CC(C)C(=O)CCNC(=O)CCCOCC1CCC(CO)CC1.[Y]. The largest absolute Gasteiger partial charge is 0.396 e.